The third-order valence-electron chi connectivity index (χ3n) is 3.96. The van der Waals surface area contributed by atoms with Gasteiger partial charge < -0.3 is 9.73 Å². The van der Waals surface area contributed by atoms with Crippen LogP contribution in [0.1, 0.15) is 22.3 Å². The van der Waals surface area contributed by atoms with Crippen LogP contribution in [-0.2, 0) is 11.2 Å². The molecule has 1 N–H and O–H groups in total. The molecule has 3 nitrogen and oxygen atoms in total. The van der Waals surface area contributed by atoms with Crippen LogP contribution in [0.3, 0.4) is 0 Å². The van der Waals surface area contributed by atoms with Gasteiger partial charge in [0, 0.05) is 16.6 Å². The van der Waals surface area contributed by atoms with E-state index in [0.29, 0.717) is 6.42 Å². The molecule has 0 bridgehead atoms. The summed E-state index contributed by atoms with van der Waals surface area (Å²) in [4.78, 5) is 12.2. The van der Waals surface area contributed by atoms with Crippen LogP contribution in [0.15, 0.2) is 47.1 Å². The van der Waals surface area contributed by atoms with Crippen LogP contribution in [0.25, 0.3) is 11.0 Å². The maximum Gasteiger partial charge on any atom is 0.228 e. The van der Waals surface area contributed by atoms with Gasteiger partial charge in [-0.25, -0.2) is 0 Å². The smallest absolute Gasteiger partial charge is 0.228 e. The highest BCUT2D eigenvalue weighted by atomic mass is 16.3. The number of nitrogens with one attached hydrogen (secondary N) is 1. The zero-order chi connectivity index (χ0) is 15.7. The quantitative estimate of drug-likeness (QED) is 0.770. The Bertz CT molecular complexity index is 829. The molecule has 0 saturated carbocycles. The van der Waals surface area contributed by atoms with Crippen LogP contribution >= 0.6 is 0 Å². The highest BCUT2D eigenvalue weighted by Gasteiger charge is 2.12. The predicted octanol–water partition coefficient (Wildman–Crippen LogP) is 4.54. The molecule has 3 heteroatoms. The van der Waals surface area contributed by atoms with E-state index in [0.717, 1.165) is 22.2 Å². The maximum absolute atomic E-state index is 12.2. The second-order valence-electron chi connectivity index (χ2n) is 5.78. The average molecular weight is 293 g/mol. The van der Waals surface area contributed by atoms with E-state index in [1.165, 1.54) is 16.7 Å². The van der Waals surface area contributed by atoms with Crippen molar-refractivity contribution >= 4 is 22.6 Å². The lowest BCUT2D eigenvalue weighted by Crippen LogP contribution is -2.14. The molecule has 1 aromatic heterocycles. The fourth-order valence-electron chi connectivity index (χ4n) is 2.49. The molecule has 22 heavy (non-hydrogen) atoms. The molecule has 0 aliphatic heterocycles. The number of carbonyl (C=O) groups excluding carboxylic acids is 1. The van der Waals surface area contributed by atoms with Gasteiger partial charge in [0.2, 0.25) is 5.91 Å². The van der Waals surface area contributed by atoms with Gasteiger partial charge in [-0.1, -0.05) is 17.7 Å². The molecule has 0 saturated heterocycles. The van der Waals surface area contributed by atoms with Gasteiger partial charge in [-0.05, 0) is 56.2 Å². The Labute approximate surface area is 130 Å². The minimum absolute atomic E-state index is 0.0372. The summed E-state index contributed by atoms with van der Waals surface area (Å²) in [5, 5.41) is 3.93. The summed E-state index contributed by atoms with van der Waals surface area (Å²) >= 11 is 0. The van der Waals surface area contributed by atoms with Gasteiger partial charge in [-0.3, -0.25) is 4.79 Å². The van der Waals surface area contributed by atoms with Crippen molar-refractivity contribution in [2.45, 2.75) is 27.2 Å². The second kappa shape index (κ2) is 5.68. The monoisotopic (exact) mass is 293 g/mol. The Morgan fingerprint density at radius 3 is 2.45 bits per heavy atom. The van der Waals surface area contributed by atoms with E-state index in [-0.39, 0.29) is 5.91 Å². The van der Waals surface area contributed by atoms with Crippen LogP contribution in [-0.4, -0.2) is 5.91 Å². The zero-order valence-electron chi connectivity index (χ0n) is 13.1. The summed E-state index contributed by atoms with van der Waals surface area (Å²) in [6.45, 7) is 6.15. The number of fused-ring (bicyclic) bond motifs is 1. The standard InChI is InChI=1S/C19H19NO2/c1-12-4-6-16(7-5-12)20-19(21)10-15-11-22-18-9-14(3)13(2)8-17(15)18/h4-9,11H,10H2,1-3H3,(H,20,21). The molecule has 3 rings (SSSR count). The van der Waals surface area contributed by atoms with Crippen LogP contribution in [0.2, 0.25) is 0 Å². The van der Waals surface area contributed by atoms with E-state index in [1.807, 2.05) is 37.3 Å². The average Bonchev–Trinajstić information content (AvgIpc) is 2.84. The number of benzene rings is 2. The number of hydrogen-bond acceptors (Lipinski definition) is 2. The molecule has 0 fully saturated rings. The molecule has 2 aromatic carbocycles. The van der Waals surface area contributed by atoms with Gasteiger partial charge in [-0.15, -0.1) is 0 Å². The first-order valence-corrected chi connectivity index (χ1v) is 7.37. The van der Waals surface area contributed by atoms with Crippen molar-refractivity contribution in [2.24, 2.45) is 0 Å². The lowest BCUT2D eigenvalue weighted by molar-refractivity contribution is -0.115. The van der Waals surface area contributed by atoms with Crippen molar-refractivity contribution in [1.82, 2.24) is 0 Å². The number of furan rings is 1. The third kappa shape index (κ3) is 2.89. The Kier molecular flexibility index (Phi) is 3.72. The first-order valence-electron chi connectivity index (χ1n) is 7.37. The van der Waals surface area contributed by atoms with E-state index < -0.39 is 0 Å². The van der Waals surface area contributed by atoms with Gasteiger partial charge in [0.25, 0.3) is 0 Å². The van der Waals surface area contributed by atoms with Gasteiger partial charge in [0.1, 0.15) is 5.58 Å². The Hall–Kier alpha value is -2.55. The van der Waals surface area contributed by atoms with E-state index in [4.69, 9.17) is 4.42 Å². The largest absolute Gasteiger partial charge is 0.464 e. The topological polar surface area (TPSA) is 42.2 Å². The van der Waals surface area contributed by atoms with E-state index in [9.17, 15) is 4.79 Å². The van der Waals surface area contributed by atoms with Gasteiger partial charge in [0.05, 0.1) is 12.7 Å². The van der Waals surface area contributed by atoms with Crippen molar-refractivity contribution < 1.29 is 9.21 Å². The summed E-state index contributed by atoms with van der Waals surface area (Å²) in [7, 11) is 0. The zero-order valence-corrected chi connectivity index (χ0v) is 13.1. The molecule has 0 aliphatic carbocycles. The second-order valence-corrected chi connectivity index (χ2v) is 5.78. The first kappa shape index (κ1) is 14.4. The number of hydrogen-bond donors (Lipinski definition) is 1. The molecule has 3 aromatic rings. The number of aryl methyl sites for hydroxylation is 3. The highest BCUT2D eigenvalue weighted by Crippen LogP contribution is 2.25. The summed E-state index contributed by atoms with van der Waals surface area (Å²) in [5.41, 5.74) is 6.13. The third-order valence-corrected chi connectivity index (χ3v) is 3.96. The number of amides is 1. The summed E-state index contributed by atoms with van der Waals surface area (Å²) < 4.78 is 5.57. The van der Waals surface area contributed by atoms with Crippen LogP contribution in [0.5, 0.6) is 0 Å². The Morgan fingerprint density at radius 1 is 1.05 bits per heavy atom. The normalized spacial score (nSPS) is 10.9. The van der Waals surface area contributed by atoms with Gasteiger partial charge >= 0.3 is 0 Å². The van der Waals surface area contributed by atoms with E-state index in [1.54, 1.807) is 6.26 Å². The van der Waals surface area contributed by atoms with Crippen molar-refractivity contribution in [1.29, 1.82) is 0 Å². The molecule has 112 valence electrons. The molecule has 1 amide bonds. The number of carbonyl (C=O) groups is 1. The maximum atomic E-state index is 12.2. The van der Waals surface area contributed by atoms with Gasteiger partial charge in [0.15, 0.2) is 0 Å². The molecule has 0 radical (unpaired) electrons. The van der Waals surface area contributed by atoms with Crippen LogP contribution < -0.4 is 5.32 Å². The lowest BCUT2D eigenvalue weighted by atomic mass is 10.0. The summed E-state index contributed by atoms with van der Waals surface area (Å²) in [5.74, 6) is -0.0372. The minimum Gasteiger partial charge on any atom is -0.464 e. The predicted molar refractivity (Wildman–Crippen MR) is 89.2 cm³/mol. The SMILES string of the molecule is Cc1ccc(NC(=O)Cc2coc3cc(C)c(C)cc23)cc1. The van der Waals surface area contributed by atoms with Crippen molar-refractivity contribution in [3.8, 4) is 0 Å². The first-order chi connectivity index (χ1) is 10.5. The molecule has 0 atom stereocenters. The summed E-state index contributed by atoms with van der Waals surface area (Å²) in [6.07, 6.45) is 1.99. The Morgan fingerprint density at radius 2 is 1.73 bits per heavy atom. The van der Waals surface area contributed by atoms with Crippen molar-refractivity contribution in [2.75, 3.05) is 5.32 Å². The molecular weight excluding hydrogens is 274 g/mol. The van der Waals surface area contributed by atoms with E-state index in [2.05, 4.69) is 25.2 Å². The molecule has 0 spiro atoms. The molecular formula is C19H19NO2. The highest BCUT2D eigenvalue weighted by molar-refractivity contribution is 5.95. The minimum atomic E-state index is -0.0372. The lowest BCUT2D eigenvalue weighted by Gasteiger charge is -2.05. The number of rotatable bonds is 3. The molecule has 0 aliphatic rings. The summed E-state index contributed by atoms with van der Waals surface area (Å²) in [6, 6.07) is 11.9. The number of anilines is 1. The van der Waals surface area contributed by atoms with Crippen molar-refractivity contribution in [3.63, 3.8) is 0 Å². The van der Waals surface area contributed by atoms with E-state index >= 15 is 0 Å². The fraction of sp³-hybridized carbons (Fsp3) is 0.211. The Balaban J connectivity index is 1.79. The molecule has 0 unspecified atom stereocenters. The van der Waals surface area contributed by atoms with Crippen LogP contribution in [0.4, 0.5) is 5.69 Å². The van der Waals surface area contributed by atoms with Crippen molar-refractivity contribution in [3.05, 3.63) is 64.9 Å². The molecule has 1 heterocycles. The fourth-order valence-corrected chi connectivity index (χ4v) is 2.49. The van der Waals surface area contributed by atoms with Gasteiger partial charge in [-0.2, -0.15) is 0 Å². The van der Waals surface area contributed by atoms with Crippen LogP contribution in [0, 0.1) is 20.8 Å².